The van der Waals surface area contributed by atoms with E-state index in [1.807, 2.05) is 0 Å². The van der Waals surface area contributed by atoms with E-state index in [9.17, 15) is 9.59 Å². The van der Waals surface area contributed by atoms with E-state index in [2.05, 4.69) is 15.3 Å². The number of hydrogen-bond acceptors (Lipinski definition) is 4. The molecule has 2 N–H and O–H groups in total. The molecule has 2 aromatic rings. The van der Waals surface area contributed by atoms with Gasteiger partial charge in [0.05, 0.1) is 5.56 Å². The number of nitrogens with zero attached hydrogens (tertiary/aromatic N) is 2. The van der Waals surface area contributed by atoms with Crippen molar-refractivity contribution in [1.82, 2.24) is 15.3 Å². The first-order valence-corrected chi connectivity index (χ1v) is 5.53. The molecule has 19 heavy (non-hydrogen) atoms. The predicted molar refractivity (Wildman–Crippen MR) is 66.6 cm³/mol. The first-order valence-electron chi connectivity index (χ1n) is 5.53. The summed E-state index contributed by atoms with van der Waals surface area (Å²) in [4.78, 5) is 30.0. The molecule has 6 heteroatoms. The lowest BCUT2D eigenvalue weighted by atomic mass is 10.2. The second-order valence-electron chi connectivity index (χ2n) is 3.78. The maximum absolute atomic E-state index is 11.8. The highest BCUT2D eigenvalue weighted by Crippen LogP contribution is 2.02. The number of carbonyl (C=O) groups excluding carboxylic acids is 1. The Morgan fingerprint density at radius 1 is 1.16 bits per heavy atom. The first kappa shape index (κ1) is 12.7. The zero-order valence-corrected chi connectivity index (χ0v) is 9.91. The van der Waals surface area contributed by atoms with Crippen molar-refractivity contribution in [3.63, 3.8) is 0 Å². The van der Waals surface area contributed by atoms with Gasteiger partial charge in [-0.25, -0.2) is 9.78 Å². The molecular formula is C13H11N3O3. The maximum Gasteiger partial charge on any atom is 0.354 e. The molecular weight excluding hydrogens is 246 g/mol. The fraction of sp³-hybridized carbons (Fsp3) is 0.0769. The molecule has 2 heterocycles. The topological polar surface area (TPSA) is 92.2 Å². The zero-order valence-electron chi connectivity index (χ0n) is 9.91. The summed E-state index contributed by atoms with van der Waals surface area (Å²) in [6.45, 7) is 0.377. The molecule has 0 unspecified atom stereocenters. The summed E-state index contributed by atoms with van der Waals surface area (Å²) in [6, 6.07) is 6.32. The average Bonchev–Trinajstić information content (AvgIpc) is 2.46. The van der Waals surface area contributed by atoms with Crippen molar-refractivity contribution in [1.29, 1.82) is 0 Å². The lowest BCUT2D eigenvalue weighted by Gasteiger charge is -2.05. The molecule has 0 aromatic carbocycles. The molecule has 6 nitrogen and oxygen atoms in total. The SMILES string of the molecule is O=C(NCc1ccncc1)c1ccc(C(=O)O)nc1. The van der Waals surface area contributed by atoms with Gasteiger partial charge in [0.15, 0.2) is 0 Å². The molecule has 0 saturated carbocycles. The normalized spacial score (nSPS) is 9.89. The Bertz CT molecular complexity index is 582. The van der Waals surface area contributed by atoms with Crippen molar-refractivity contribution in [2.45, 2.75) is 6.54 Å². The lowest BCUT2D eigenvalue weighted by Crippen LogP contribution is -2.23. The van der Waals surface area contributed by atoms with Crippen LogP contribution in [-0.2, 0) is 6.54 Å². The highest BCUT2D eigenvalue weighted by Gasteiger charge is 2.08. The number of carboxylic acids is 1. The Balaban J connectivity index is 1.98. The van der Waals surface area contributed by atoms with Crippen LogP contribution in [-0.4, -0.2) is 27.0 Å². The van der Waals surface area contributed by atoms with E-state index >= 15 is 0 Å². The molecule has 2 rings (SSSR count). The molecule has 0 aliphatic heterocycles. The van der Waals surface area contributed by atoms with Gasteiger partial charge in [-0.3, -0.25) is 9.78 Å². The van der Waals surface area contributed by atoms with Crippen LogP contribution in [0.5, 0.6) is 0 Å². The minimum absolute atomic E-state index is 0.0920. The molecule has 0 aliphatic rings. The van der Waals surface area contributed by atoms with Gasteiger partial charge in [-0.15, -0.1) is 0 Å². The third-order valence-corrected chi connectivity index (χ3v) is 2.45. The quantitative estimate of drug-likeness (QED) is 0.855. The standard InChI is InChI=1S/C13H11N3O3/c17-12(16-7-9-3-5-14-6-4-9)10-1-2-11(13(18)19)15-8-10/h1-6,8H,7H2,(H,16,17)(H,18,19). The summed E-state index contributed by atoms with van der Waals surface area (Å²) >= 11 is 0. The molecule has 0 spiro atoms. The Morgan fingerprint density at radius 3 is 2.47 bits per heavy atom. The molecule has 0 fully saturated rings. The number of rotatable bonds is 4. The summed E-state index contributed by atoms with van der Waals surface area (Å²) in [7, 11) is 0. The highest BCUT2D eigenvalue weighted by molar-refractivity contribution is 5.94. The third kappa shape index (κ3) is 3.35. The number of carbonyl (C=O) groups is 2. The number of aromatic carboxylic acids is 1. The van der Waals surface area contributed by atoms with Crippen molar-refractivity contribution in [2.24, 2.45) is 0 Å². The van der Waals surface area contributed by atoms with Crippen LogP contribution < -0.4 is 5.32 Å². The second-order valence-corrected chi connectivity index (χ2v) is 3.78. The zero-order chi connectivity index (χ0) is 13.7. The van der Waals surface area contributed by atoms with E-state index in [-0.39, 0.29) is 11.6 Å². The minimum Gasteiger partial charge on any atom is -0.477 e. The molecule has 0 saturated heterocycles. The minimum atomic E-state index is -1.12. The van der Waals surface area contributed by atoms with E-state index < -0.39 is 5.97 Å². The van der Waals surface area contributed by atoms with Crippen molar-refractivity contribution >= 4 is 11.9 Å². The number of amides is 1. The van der Waals surface area contributed by atoms with Crippen LogP contribution in [0.2, 0.25) is 0 Å². The number of nitrogens with one attached hydrogen (secondary N) is 1. The molecule has 0 radical (unpaired) electrons. The first-order chi connectivity index (χ1) is 9.16. The number of hydrogen-bond donors (Lipinski definition) is 2. The van der Waals surface area contributed by atoms with E-state index in [4.69, 9.17) is 5.11 Å². The van der Waals surface area contributed by atoms with Crippen LogP contribution in [0.25, 0.3) is 0 Å². The summed E-state index contributed by atoms with van der Waals surface area (Å²) in [6.07, 6.45) is 4.53. The van der Waals surface area contributed by atoms with Crippen molar-refractivity contribution in [3.05, 3.63) is 59.7 Å². The van der Waals surface area contributed by atoms with Gasteiger partial charge in [0.25, 0.3) is 5.91 Å². The summed E-state index contributed by atoms with van der Waals surface area (Å²) in [5.74, 6) is -1.43. The molecule has 2 aromatic heterocycles. The van der Waals surface area contributed by atoms with E-state index in [1.165, 1.54) is 18.3 Å². The number of pyridine rings is 2. The van der Waals surface area contributed by atoms with Crippen LogP contribution in [0, 0.1) is 0 Å². The Hall–Kier alpha value is -2.76. The van der Waals surface area contributed by atoms with Crippen LogP contribution in [0.1, 0.15) is 26.4 Å². The van der Waals surface area contributed by atoms with E-state index in [1.54, 1.807) is 24.5 Å². The van der Waals surface area contributed by atoms with Gasteiger partial charge in [0.1, 0.15) is 5.69 Å². The molecule has 0 atom stereocenters. The fourth-order valence-electron chi connectivity index (χ4n) is 1.44. The van der Waals surface area contributed by atoms with E-state index in [0.29, 0.717) is 12.1 Å². The molecule has 96 valence electrons. The smallest absolute Gasteiger partial charge is 0.354 e. The predicted octanol–water partition coefficient (Wildman–Crippen LogP) is 1.10. The lowest BCUT2D eigenvalue weighted by molar-refractivity contribution is 0.0689. The van der Waals surface area contributed by atoms with Gasteiger partial charge in [0.2, 0.25) is 0 Å². The number of carboxylic acid groups (broad SMARTS) is 1. The van der Waals surface area contributed by atoms with Crippen molar-refractivity contribution < 1.29 is 14.7 Å². The van der Waals surface area contributed by atoms with E-state index in [0.717, 1.165) is 5.56 Å². The van der Waals surface area contributed by atoms with Gasteiger partial charge in [-0.05, 0) is 29.8 Å². The van der Waals surface area contributed by atoms with Crippen molar-refractivity contribution in [2.75, 3.05) is 0 Å². The summed E-state index contributed by atoms with van der Waals surface area (Å²) < 4.78 is 0. The van der Waals surface area contributed by atoms with Gasteiger partial charge < -0.3 is 10.4 Å². The monoisotopic (exact) mass is 257 g/mol. The van der Waals surface area contributed by atoms with Crippen LogP contribution in [0.15, 0.2) is 42.9 Å². The average molecular weight is 257 g/mol. The number of aromatic nitrogens is 2. The fourth-order valence-corrected chi connectivity index (χ4v) is 1.44. The van der Waals surface area contributed by atoms with Crippen LogP contribution in [0.4, 0.5) is 0 Å². The largest absolute Gasteiger partial charge is 0.477 e. The maximum atomic E-state index is 11.8. The third-order valence-electron chi connectivity index (χ3n) is 2.45. The second kappa shape index (κ2) is 5.72. The van der Waals surface area contributed by atoms with Gasteiger partial charge in [0, 0.05) is 25.1 Å². The van der Waals surface area contributed by atoms with Gasteiger partial charge >= 0.3 is 5.97 Å². The summed E-state index contributed by atoms with van der Waals surface area (Å²) in [5.41, 5.74) is 1.16. The molecule has 1 amide bonds. The summed E-state index contributed by atoms with van der Waals surface area (Å²) in [5, 5.41) is 11.4. The van der Waals surface area contributed by atoms with Crippen molar-refractivity contribution in [3.8, 4) is 0 Å². The van der Waals surface area contributed by atoms with Gasteiger partial charge in [-0.2, -0.15) is 0 Å². The Kier molecular flexibility index (Phi) is 3.82. The Labute approximate surface area is 109 Å². The van der Waals surface area contributed by atoms with Crippen LogP contribution >= 0.6 is 0 Å². The Morgan fingerprint density at radius 2 is 1.89 bits per heavy atom. The highest BCUT2D eigenvalue weighted by atomic mass is 16.4. The van der Waals surface area contributed by atoms with Gasteiger partial charge in [-0.1, -0.05) is 0 Å². The molecule has 0 bridgehead atoms. The van der Waals surface area contributed by atoms with Crippen LogP contribution in [0.3, 0.4) is 0 Å². The molecule has 0 aliphatic carbocycles.